The third-order valence-electron chi connectivity index (χ3n) is 3.29. The zero-order valence-corrected chi connectivity index (χ0v) is 10.7. The lowest BCUT2D eigenvalue weighted by Gasteiger charge is -2.31. The molecule has 1 saturated heterocycles. The molecule has 1 aliphatic heterocycles. The van der Waals surface area contributed by atoms with Gasteiger partial charge in [-0.3, -0.25) is 4.79 Å². The van der Waals surface area contributed by atoms with Crippen LogP contribution in [-0.4, -0.2) is 54.0 Å². The molecule has 0 aliphatic carbocycles. The van der Waals surface area contributed by atoms with Gasteiger partial charge in [0.25, 0.3) is 6.01 Å². The molecule has 1 amide bonds. The van der Waals surface area contributed by atoms with Crippen molar-refractivity contribution < 1.29 is 9.21 Å². The topological polar surface area (TPSA) is 88.5 Å². The summed E-state index contributed by atoms with van der Waals surface area (Å²) >= 11 is 0. The van der Waals surface area contributed by atoms with Gasteiger partial charge in [0.05, 0.1) is 5.56 Å². The highest BCUT2D eigenvalue weighted by Crippen LogP contribution is 2.22. The number of hydrogen-bond donors (Lipinski definition) is 1. The van der Waals surface area contributed by atoms with Gasteiger partial charge in [0.15, 0.2) is 5.58 Å². The summed E-state index contributed by atoms with van der Waals surface area (Å²) in [6, 6.07) is 2.13. The van der Waals surface area contributed by atoms with E-state index in [0.717, 1.165) is 26.2 Å². The predicted octanol–water partition coefficient (Wildman–Crippen LogP) is 0.0735. The van der Waals surface area contributed by atoms with E-state index in [2.05, 4.69) is 26.8 Å². The Bertz CT molecular complexity index is 616. The van der Waals surface area contributed by atoms with Crippen LogP contribution in [0.5, 0.6) is 0 Å². The number of piperazine rings is 1. The van der Waals surface area contributed by atoms with Crippen LogP contribution < -0.4 is 10.6 Å². The van der Waals surface area contributed by atoms with Gasteiger partial charge in [0.1, 0.15) is 0 Å². The number of anilines is 1. The Morgan fingerprint density at radius 2 is 2.11 bits per heavy atom. The zero-order chi connectivity index (χ0) is 13.4. The van der Waals surface area contributed by atoms with Crippen molar-refractivity contribution in [1.82, 2.24) is 14.9 Å². The quantitative estimate of drug-likeness (QED) is 0.823. The number of oxazole rings is 1. The Morgan fingerprint density at radius 3 is 2.79 bits per heavy atom. The maximum Gasteiger partial charge on any atom is 0.300 e. The summed E-state index contributed by atoms with van der Waals surface area (Å²) in [5, 5.41) is 0. The van der Waals surface area contributed by atoms with E-state index < -0.39 is 5.91 Å². The number of pyridine rings is 1. The fraction of sp³-hybridized carbons (Fsp3) is 0.417. The maximum absolute atomic E-state index is 11.1. The van der Waals surface area contributed by atoms with Crippen molar-refractivity contribution >= 4 is 23.2 Å². The molecule has 2 N–H and O–H groups in total. The molecule has 0 radical (unpaired) electrons. The summed E-state index contributed by atoms with van der Waals surface area (Å²) in [5.74, 6) is -0.521. The highest BCUT2D eigenvalue weighted by Gasteiger charge is 2.19. The first-order chi connectivity index (χ1) is 9.13. The Morgan fingerprint density at radius 1 is 1.37 bits per heavy atom. The van der Waals surface area contributed by atoms with Crippen LogP contribution in [0.1, 0.15) is 10.4 Å². The minimum absolute atomic E-state index is 0.327. The van der Waals surface area contributed by atoms with E-state index >= 15 is 0 Å². The molecule has 0 saturated carbocycles. The Labute approximate surface area is 110 Å². The number of nitrogens with two attached hydrogens (primary N) is 1. The summed E-state index contributed by atoms with van der Waals surface area (Å²) in [6.45, 7) is 3.68. The SMILES string of the molecule is CN1CCN(c2nc3ncc(C(N)=O)cc3o2)CC1. The van der Waals surface area contributed by atoms with E-state index in [1.165, 1.54) is 6.20 Å². The number of carbonyl (C=O) groups is 1. The Balaban J connectivity index is 1.91. The molecule has 2 aromatic heterocycles. The number of carbonyl (C=O) groups excluding carboxylic acids is 1. The van der Waals surface area contributed by atoms with Crippen LogP contribution in [0.15, 0.2) is 16.7 Å². The third kappa shape index (κ3) is 2.24. The molecule has 0 aromatic carbocycles. The van der Waals surface area contributed by atoms with Crippen molar-refractivity contribution in [1.29, 1.82) is 0 Å². The smallest absolute Gasteiger partial charge is 0.300 e. The van der Waals surface area contributed by atoms with Gasteiger partial charge in [-0.15, -0.1) is 0 Å². The molecule has 1 fully saturated rings. The number of aromatic nitrogens is 2. The number of likely N-dealkylation sites (N-methyl/N-ethyl adjacent to an activating group) is 1. The van der Waals surface area contributed by atoms with Gasteiger partial charge >= 0.3 is 0 Å². The maximum atomic E-state index is 11.1. The van der Waals surface area contributed by atoms with Crippen LogP contribution in [-0.2, 0) is 0 Å². The zero-order valence-electron chi connectivity index (χ0n) is 10.7. The van der Waals surface area contributed by atoms with Crippen LogP contribution in [0, 0.1) is 0 Å². The first-order valence-corrected chi connectivity index (χ1v) is 6.13. The molecule has 100 valence electrons. The number of nitrogens with zero attached hydrogens (tertiary/aromatic N) is 4. The summed E-state index contributed by atoms with van der Waals surface area (Å²) in [7, 11) is 2.09. The van der Waals surface area contributed by atoms with Crippen molar-refractivity contribution in [2.24, 2.45) is 5.73 Å². The molecule has 1 aliphatic rings. The molecule has 2 aromatic rings. The van der Waals surface area contributed by atoms with Crippen LogP contribution in [0.3, 0.4) is 0 Å². The van der Waals surface area contributed by atoms with Gasteiger partial charge in [-0.25, -0.2) is 4.98 Å². The normalized spacial score (nSPS) is 17.0. The average molecular weight is 261 g/mol. The Kier molecular flexibility index (Phi) is 2.83. The van der Waals surface area contributed by atoms with Crippen LogP contribution >= 0.6 is 0 Å². The Hall–Kier alpha value is -2.15. The molecule has 0 unspecified atom stereocenters. The van der Waals surface area contributed by atoms with Crippen LogP contribution in [0.25, 0.3) is 11.2 Å². The monoisotopic (exact) mass is 261 g/mol. The van der Waals surface area contributed by atoms with Crippen molar-refractivity contribution in [3.05, 3.63) is 17.8 Å². The molecule has 0 bridgehead atoms. The molecule has 0 atom stereocenters. The van der Waals surface area contributed by atoms with E-state index in [9.17, 15) is 4.79 Å². The highest BCUT2D eigenvalue weighted by molar-refractivity contribution is 5.94. The highest BCUT2D eigenvalue weighted by atomic mass is 16.4. The van der Waals surface area contributed by atoms with Crippen molar-refractivity contribution in [2.45, 2.75) is 0 Å². The van der Waals surface area contributed by atoms with Crippen LogP contribution in [0.2, 0.25) is 0 Å². The van der Waals surface area contributed by atoms with Crippen molar-refractivity contribution in [2.75, 3.05) is 38.1 Å². The predicted molar refractivity (Wildman–Crippen MR) is 70.0 cm³/mol. The second-order valence-corrected chi connectivity index (χ2v) is 4.70. The molecule has 3 rings (SSSR count). The fourth-order valence-electron chi connectivity index (χ4n) is 2.08. The summed E-state index contributed by atoms with van der Waals surface area (Å²) < 4.78 is 5.66. The number of rotatable bonds is 2. The van der Waals surface area contributed by atoms with E-state index in [-0.39, 0.29) is 0 Å². The van der Waals surface area contributed by atoms with Crippen LogP contribution in [0.4, 0.5) is 6.01 Å². The van der Waals surface area contributed by atoms with Crippen molar-refractivity contribution in [3.8, 4) is 0 Å². The van der Waals surface area contributed by atoms with Gasteiger partial charge < -0.3 is 20.0 Å². The van der Waals surface area contributed by atoms with E-state index in [0.29, 0.717) is 22.8 Å². The second-order valence-electron chi connectivity index (χ2n) is 4.70. The molecule has 7 heteroatoms. The molecule has 19 heavy (non-hydrogen) atoms. The van der Waals surface area contributed by atoms with E-state index in [1.54, 1.807) is 6.07 Å². The molecule has 3 heterocycles. The fourth-order valence-corrected chi connectivity index (χ4v) is 2.08. The summed E-state index contributed by atoms with van der Waals surface area (Å²) in [5.41, 5.74) is 6.53. The van der Waals surface area contributed by atoms with Gasteiger partial charge in [-0.05, 0) is 13.1 Å². The molecule has 0 spiro atoms. The summed E-state index contributed by atoms with van der Waals surface area (Å²) in [4.78, 5) is 23.9. The van der Waals surface area contributed by atoms with Gasteiger partial charge in [0.2, 0.25) is 11.6 Å². The largest absolute Gasteiger partial charge is 0.422 e. The van der Waals surface area contributed by atoms with E-state index in [1.807, 2.05) is 0 Å². The summed E-state index contributed by atoms with van der Waals surface area (Å²) in [6.07, 6.45) is 1.42. The molecule has 7 nitrogen and oxygen atoms in total. The van der Waals surface area contributed by atoms with Gasteiger partial charge in [-0.2, -0.15) is 4.98 Å². The van der Waals surface area contributed by atoms with E-state index in [4.69, 9.17) is 10.2 Å². The van der Waals surface area contributed by atoms with Gasteiger partial charge in [0, 0.05) is 32.4 Å². The molecular weight excluding hydrogens is 246 g/mol. The lowest BCUT2D eigenvalue weighted by atomic mass is 10.3. The number of fused-ring (bicyclic) bond motifs is 1. The molecular formula is C12H15N5O2. The number of hydrogen-bond acceptors (Lipinski definition) is 6. The standard InChI is InChI=1S/C12H15N5O2/c1-16-2-4-17(5-3-16)12-15-11-9(19-12)6-8(7-14-11)10(13)18/h6-7H,2-5H2,1H3,(H2,13,18). The third-order valence-corrected chi connectivity index (χ3v) is 3.29. The number of amides is 1. The minimum atomic E-state index is -0.521. The first kappa shape index (κ1) is 11.9. The minimum Gasteiger partial charge on any atom is -0.422 e. The van der Waals surface area contributed by atoms with Crippen molar-refractivity contribution in [3.63, 3.8) is 0 Å². The first-order valence-electron chi connectivity index (χ1n) is 6.13. The van der Waals surface area contributed by atoms with Gasteiger partial charge in [-0.1, -0.05) is 0 Å². The lowest BCUT2D eigenvalue weighted by Crippen LogP contribution is -2.44. The lowest BCUT2D eigenvalue weighted by molar-refractivity contribution is 0.1000. The second kappa shape index (κ2) is 4.51. The number of primary amides is 1. The average Bonchev–Trinajstić information content (AvgIpc) is 2.82.